The Balaban J connectivity index is 2.40. The average molecular weight is 285 g/mol. The fourth-order valence-corrected chi connectivity index (χ4v) is 1.80. The molecule has 0 aliphatic heterocycles. The van der Waals surface area contributed by atoms with Crippen LogP contribution in [0.2, 0.25) is 10.2 Å². The highest BCUT2D eigenvalue weighted by atomic mass is 35.5. The maximum absolute atomic E-state index is 6.01. The summed E-state index contributed by atoms with van der Waals surface area (Å²) in [5.41, 5.74) is 6.68. The molecule has 0 saturated heterocycles. The first-order valence-electron chi connectivity index (χ1n) is 4.99. The Morgan fingerprint density at radius 1 is 1.28 bits per heavy atom. The third-order valence-corrected chi connectivity index (χ3v) is 2.86. The van der Waals surface area contributed by atoms with E-state index in [0.717, 1.165) is 0 Å². The summed E-state index contributed by atoms with van der Waals surface area (Å²) >= 11 is 11.8. The molecule has 0 spiro atoms. The Morgan fingerprint density at radius 2 is 2.06 bits per heavy atom. The highest BCUT2D eigenvalue weighted by Crippen LogP contribution is 2.35. The van der Waals surface area contributed by atoms with Gasteiger partial charge in [0.05, 0.1) is 17.8 Å². The third-order valence-electron chi connectivity index (χ3n) is 2.26. The first-order valence-corrected chi connectivity index (χ1v) is 5.74. The number of para-hydroxylation sites is 1. The lowest BCUT2D eigenvalue weighted by Crippen LogP contribution is -2.02. The van der Waals surface area contributed by atoms with Crippen LogP contribution in [0.3, 0.4) is 0 Å². The van der Waals surface area contributed by atoms with Crippen LogP contribution in [-0.2, 0) is 0 Å². The molecule has 94 valence electrons. The van der Waals surface area contributed by atoms with Crippen molar-refractivity contribution in [3.05, 3.63) is 34.7 Å². The molecule has 0 aliphatic carbocycles. The molecule has 0 bridgehead atoms. The molecule has 2 aromatic rings. The molecule has 1 heterocycles. The maximum Gasteiger partial charge on any atom is 0.160 e. The first kappa shape index (κ1) is 12.7. The van der Waals surface area contributed by atoms with Gasteiger partial charge in [0.1, 0.15) is 12.0 Å². The fourth-order valence-electron chi connectivity index (χ4n) is 1.42. The van der Waals surface area contributed by atoms with Crippen molar-refractivity contribution in [3.63, 3.8) is 0 Å². The number of anilines is 3. The predicted molar refractivity (Wildman–Crippen MR) is 72.7 cm³/mol. The Morgan fingerprint density at radius 3 is 2.78 bits per heavy atom. The number of nitrogen functional groups attached to an aromatic ring is 1. The minimum Gasteiger partial charge on any atom is -0.493 e. The number of halogens is 2. The van der Waals surface area contributed by atoms with E-state index in [9.17, 15) is 0 Å². The summed E-state index contributed by atoms with van der Waals surface area (Å²) in [6.45, 7) is 0. The summed E-state index contributed by atoms with van der Waals surface area (Å²) in [6, 6.07) is 5.30. The summed E-state index contributed by atoms with van der Waals surface area (Å²) in [7, 11) is 1.53. The van der Waals surface area contributed by atoms with E-state index in [2.05, 4.69) is 15.3 Å². The van der Waals surface area contributed by atoms with E-state index in [0.29, 0.717) is 22.3 Å². The summed E-state index contributed by atoms with van der Waals surface area (Å²) in [6.07, 6.45) is 1.32. The number of aromatic nitrogens is 2. The third kappa shape index (κ3) is 2.42. The van der Waals surface area contributed by atoms with Crippen LogP contribution in [0.15, 0.2) is 24.5 Å². The second-order valence-corrected chi connectivity index (χ2v) is 4.14. The van der Waals surface area contributed by atoms with Gasteiger partial charge < -0.3 is 15.8 Å². The quantitative estimate of drug-likeness (QED) is 0.848. The van der Waals surface area contributed by atoms with Gasteiger partial charge in [-0.15, -0.1) is 0 Å². The van der Waals surface area contributed by atoms with E-state index in [4.69, 9.17) is 33.7 Å². The summed E-state index contributed by atoms with van der Waals surface area (Å²) in [5, 5.41) is 3.68. The summed E-state index contributed by atoms with van der Waals surface area (Å²) in [4.78, 5) is 7.78. The average Bonchev–Trinajstić information content (AvgIpc) is 2.35. The zero-order valence-electron chi connectivity index (χ0n) is 9.45. The lowest BCUT2D eigenvalue weighted by Gasteiger charge is -2.13. The van der Waals surface area contributed by atoms with Crippen molar-refractivity contribution >= 4 is 40.4 Å². The Kier molecular flexibility index (Phi) is 3.74. The number of hydrogen-bond donors (Lipinski definition) is 2. The van der Waals surface area contributed by atoms with Crippen LogP contribution in [0.5, 0.6) is 5.75 Å². The largest absolute Gasteiger partial charge is 0.493 e. The second-order valence-electron chi connectivity index (χ2n) is 3.37. The van der Waals surface area contributed by atoms with Crippen LogP contribution in [0, 0.1) is 0 Å². The first-order chi connectivity index (χ1) is 8.63. The minimum absolute atomic E-state index is 0.188. The van der Waals surface area contributed by atoms with Crippen LogP contribution < -0.4 is 15.8 Å². The molecule has 7 heteroatoms. The van der Waals surface area contributed by atoms with Crippen molar-refractivity contribution < 1.29 is 4.74 Å². The standard InChI is InChI=1S/C11H10Cl2N4O/c1-18-9-6(12)3-2-4-7(9)17-11-8(14)10(13)15-5-16-11/h2-5H,14H2,1H3,(H,15,16,17). The van der Waals surface area contributed by atoms with Gasteiger partial charge in [0.25, 0.3) is 0 Å². The van der Waals surface area contributed by atoms with Crippen LogP contribution in [-0.4, -0.2) is 17.1 Å². The van der Waals surface area contributed by atoms with Crippen LogP contribution >= 0.6 is 23.2 Å². The zero-order valence-corrected chi connectivity index (χ0v) is 11.0. The number of hydrogen-bond acceptors (Lipinski definition) is 5. The van der Waals surface area contributed by atoms with Crippen molar-refractivity contribution in [2.24, 2.45) is 0 Å². The topological polar surface area (TPSA) is 73.1 Å². The predicted octanol–water partition coefficient (Wildman–Crippen LogP) is 3.12. The number of ether oxygens (including phenoxy) is 1. The minimum atomic E-state index is 0.188. The van der Waals surface area contributed by atoms with E-state index in [1.165, 1.54) is 13.4 Å². The molecule has 0 aliphatic rings. The van der Waals surface area contributed by atoms with Gasteiger partial charge in [0.2, 0.25) is 0 Å². The highest BCUT2D eigenvalue weighted by molar-refractivity contribution is 6.33. The molecule has 1 aromatic heterocycles. The van der Waals surface area contributed by atoms with Crippen LogP contribution in [0.4, 0.5) is 17.2 Å². The molecule has 2 rings (SSSR count). The second kappa shape index (κ2) is 5.29. The molecule has 1 aromatic carbocycles. The molecular weight excluding hydrogens is 275 g/mol. The number of nitrogens with zero attached hydrogens (tertiary/aromatic N) is 2. The van der Waals surface area contributed by atoms with E-state index < -0.39 is 0 Å². The van der Waals surface area contributed by atoms with Gasteiger partial charge in [-0.1, -0.05) is 29.3 Å². The molecule has 0 unspecified atom stereocenters. The SMILES string of the molecule is COc1c(Cl)cccc1Nc1ncnc(Cl)c1N. The highest BCUT2D eigenvalue weighted by Gasteiger charge is 2.11. The Hall–Kier alpha value is -1.72. The molecule has 0 saturated carbocycles. The lowest BCUT2D eigenvalue weighted by molar-refractivity contribution is 0.417. The number of methoxy groups -OCH3 is 1. The lowest BCUT2D eigenvalue weighted by atomic mass is 10.3. The molecule has 5 nitrogen and oxygen atoms in total. The van der Waals surface area contributed by atoms with Crippen molar-refractivity contribution in [1.29, 1.82) is 0 Å². The van der Waals surface area contributed by atoms with E-state index in [-0.39, 0.29) is 10.8 Å². The molecule has 18 heavy (non-hydrogen) atoms. The molecule has 0 amide bonds. The maximum atomic E-state index is 6.01. The summed E-state index contributed by atoms with van der Waals surface area (Å²) in [5.74, 6) is 0.906. The van der Waals surface area contributed by atoms with E-state index in [1.807, 2.05) is 0 Å². The molecule has 0 radical (unpaired) electrons. The smallest absolute Gasteiger partial charge is 0.160 e. The van der Waals surface area contributed by atoms with Crippen LogP contribution in [0.1, 0.15) is 0 Å². The van der Waals surface area contributed by atoms with Gasteiger partial charge in [-0.05, 0) is 12.1 Å². The van der Waals surface area contributed by atoms with Gasteiger partial charge in [-0.25, -0.2) is 9.97 Å². The Bertz CT molecular complexity index is 577. The molecule has 3 N–H and O–H groups in total. The van der Waals surface area contributed by atoms with Crippen molar-refractivity contribution in [2.45, 2.75) is 0 Å². The molecular formula is C11H10Cl2N4O. The van der Waals surface area contributed by atoms with Gasteiger partial charge >= 0.3 is 0 Å². The van der Waals surface area contributed by atoms with Crippen LogP contribution in [0.25, 0.3) is 0 Å². The number of benzene rings is 1. The number of rotatable bonds is 3. The number of nitrogens with two attached hydrogens (primary N) is 1. The number of nitrogens with one attached hydrogen (secondary N) is 1. The van der Waals surface area contributed by atoms with Gasteiger partial charge in [-0.2, -0.15) is 0 Å². The normalized spacial score (nSPS) is 10.2. The van der Waals surface area contributed by atoms with Gasteiger partial charge in [0.15, 0.2) is 16.7 Å². The van der Waals surface area contributed by atoms with Crippen molar-refractivity contribution in [2.75, 3.05) is 18.2 Å². The monoisotopic (exact) mass is 284 g/mol. The summed E-state index contributed by atoms with van der Waals surface area (Å²) < 4.78 is 5.21. The van der Waals surface area contributed by atoms with Gasteiger partial charge in [0, 0.05) is 0 Å². The van der Waals surface area contributed by atoms with Crippen molar-refractivity contribution in [3.8, 4) is 5.75 Å². The Labute approximate surface area is 114 Å². The van der Waals surface area contributed by atoms with Gasteiger partial charge in [-0.3, -0.25) is 0 Å². The fraction of sp³-hybridized carbons (Fsp3) is 0.0909. The van der Waals surface area contributed by atoms with E-state index >= 15 is 0 Å². The zero-order chi connectivity index (χ0) is 13.1. The molecule has 0 fully saturated rings. The van der Waals surface area contributed by atoms with E-state index in [1.54, 1.807) is 18.2 Å². The van der Waals surface area contributed by atoms with Crippen molar-refractivity contribution in [1.82, 2.24) is 9.97 Å². The molecule has 0 atom stereocenters.